The van der Waals surface area contributed by atoms with Crippen LogP contribution in [0.4, 0.5) is 11.4 Å². The lowest BCUT2D eigenvalue weighted by Gasteiger charge is -2.33. The number of nitrogens with one attached hydrogen (secondary N) is 1. The Bertz CT molecular complexity index is 1150. The number of hydrogen-bond acceptors (Lipinski definition) is 4. The van der Waals surface area contributed by atoms with Gasteiger partial charge in [-0.05, 0) is 60.5 Å². The van der Waals surface area contributed by atoms with Crippen LogP contribution in [0.2, 0.25) is 5.02 Å². The van der Waals surface area contributed by atoms with Crippen molar-refractivity contribution < 1.29 is 19.1 Å². The van der Waals surface area contributed by atoms with Crippen molar-refractivity contribution >= 4 is 34.8 Å². The third-order valence-electron chi connectivity index (χ3n) is 5.20. The highest BCUT2D eigenvalue weighted by Crippen LogP contribution is 2.37. The molecule has 1 unspecified atom stereocenters. The maximum absolute atomic E-state index is 12.9. The van der Waals surface area contributed by atoms with Crippen LogP contribution in [0.1, 0.15) is 18.1 Å². The second kappa shape index (κ2) is 9.32. The van der Waals surface area contributed by atoms with Crippen LogP contribution in [0.3, 0.4) is 0 Å². The summed E-state index contributed by atoms with van der Waals surface area (Å²) in [5.41, 5.74) is 2.97. The van der Waals surface area contributed by atoms with Crippen molar-refractivity contribution in [2.24, 2.45) is 0 Å². The number of halogens is 1. The molecule has 3 aromatic carbocycles. The molecule has 1 aliphatic rings. The minimum Gasteiger partial charge on any atom is -0.497 e. The Hall–Kier alpha value is -3.51. The van der Waals surface area contributed by atoms with Gasteiger partial charge in [0.15, 0.2) is 6.10 Å². The van der Waals surface area contributed by atoms with E-state index >= 15 is 0 Å². The Balaban J connectivity index is 1.54. The topological polar surface area (TPSA) is 67.9 Å². The number of anilines is 2. The molecule has 0 fully saturated rings. The highest BCUT2D eigenvalue weighted by molar-refractivity contribution is 6.30. The van der Waals surface area contributed by atoms with Gasteiger partial charge in [-0.1, -0.05) is 35.9 Å². The number of fused-ring (bicyclic) bond motifs is 1. The maximum Gasteiger partial charge on any atom is 0.268 e. The molecule has 7 heteroatoms. The van der Waals surface area contributed by atoms with Crippen molar-refractivity contribution in [3.8, 4) is 11.5 Å². The van der Waals surface area contributed by atoms with Gasteiger partial charge in [-0.3, -0.25) is 9.59 Å². The minimum absolute atomic E-state index is 0.154. The molecule has 0 aromatic heterocycles. The molecule has 1 heterocycles. The number of nitrogens with zero attached hydrogens (tertiary/aromatic N) is 1. The first-order valence-electron chi connectivity index (χ1n) is 10.2. The summed E-state index contributed by atoms with van der Waals surface area (Å²) >= 11 is 6.11. The Kier molecular flexibility index (Phi) is 6.32. The number of methoxy groups -OCH3 is 1. The first kappa shape index (κ1) is 21.7. The molecule has 0 bridgehead atoms. The maximum atomic E-state index is 12.9. The van der Waals surface area contributed by atoms with E-state index in [0.717, 1.165) is 16.9 Å². The van der Waals surface area contributed by atoms with E-state index in [9.17, 15) is 9.59 Å². The quantitative estimate of drug-likeness (QED) is 0.583. The van der Waals surface area contributed by atoms with E-state index in [4.69, 9.17) is 21.1 Å². The predicted molar refractivity (Wildman–Crippen MR) is 125 cm³/mol. The fourth-order valence-corrected chi connectivity index (χ4v) is 3.81. The van der Waals surface area contributed by atoms with Gasteiger partial charge in [0.2, 0.25) is 5.91 Å². The average molecular weight is 451 g/mol. The zero-order valence-electron chi connectivity index (χ0n) is 17.8. The summed E-state index contributed by atoms with van der Waals surface area (Å²) in [6.07, 6.45) is -0.378. The van der Waals surface area contributed by atoms with Crippen LogP contribution in [-0.2, 0) is 22.6 Å². The van der Waals surface area contributed by atoms with E-state index < -0.39 is 6.10 Å². The van der Waals surface area contributed by atoms with Crippen molar-refractivity contribution in [1.82, 2.24) is 0 Å². The molecule has 1 atom stereocenters. The van der Waals surface area contributed by atoms with Gasteiger partial charge < -0.3 is 19.7 Å². The molecule has 1 N–H and O–H groups in total. The van der Waals surface area contributed by atoms with Crippen LogP contribution >= 0.6 is 11.6 Å². The Morgan fingerprint density at radius 3 is 2.59 bits per heavy atom. The summed E-state index contributed by atoms with van der Waals surface area (Å²) in [7, 11) is 1.60. The number of rotatable bonds is 6. The first-order chi connectivity index (χ1) is 15.4. The SMILES string of the molecule is COc1ccc(CC(=O)Nc2ccc3c(c2)N(Cc2cccc(Cl)c2)C(=O)C(C)O3)cc1. The third kappa shape index (κ3) is 4.86. The van der Waals surface area contributed by atoms with Crippen molar-refractivity contribution in [3.63, 3.8) is 0 Å². The zero-order chi connectivity index (χ0) is 22.7. The van der Waals surface area contributed by atoms with Crippen LogP contribution in [0.5, 0.6) is 11.5 Å². The normalized spacial score (nSPS) is 15.0. The summed E-state index contributed by atoms with van der Waals surface area (Å²) in [5, 5.41) is 3.51. The molecule has 4 rings (SSSR count). The van der Waals surface area contributed by atoms with E-state index in [2.05, 4.69) is 5.32 Å². The van der Waals surface area contributed by atoms with Crippen LogP contribution < -0.4 is 19.7 Å². The summed E-state index contributed by atoms with van der Waals surface area (Å²) < 4.78 is 10.9. The average Bonchev–Trinajstić information content (AvgIpc) is 2.78. The largest absolute Gasteiger partial charge is 0.497 e. The molecular weight excluding hydrogens is 428 g/mol. The third-order valence-corrected chi connectivity index (χ3v) is 5.44. The lowest BCUT2D eigenvalue weighted by molar-refractivity contribution is -0.125. The zero-order valence-corrected chi connectivity index (χ0v) is 18.6. The van der Waals surface area contributed by atoms with E-state index in [1.165, 1.54) is 0 Å². The summed E-state index contributed by atoms with van der Waals surface area (Å²) in [6, 6.07) is 20.0. The highest BCUT2D eigenvalue weighted by Gasteiger charge is 2.32. The Morgan fingerprint density at radius 2 is 1.88 bits per heavy atom. The smallest absolute Gasteiger partial charge is 0.268 e. The highest BCUT2D eigenvalue weighted by atomic mass is 35.5. The van der Waals surface area contributed by atoms with Gasteiger partial charge in [0, 0.05) is 10.7 Å². The number of carbonyl (C=O) groups excluding carboxylic acids is 2. The van der Waals surface area contributed by atoms with Gasteiger partial charge in [0.25, 0.3) is 5.91 Å². The van der Waals surface area contributed by atoms with Crippen LogP contribution in [-0.4, -0.2) is 25.0 Å². The molecule has 0 spiro atoms. The van der Waals surface area contributed by atoms with Crippen molar-refractivity contribution in [2.75, 3.05) is 17.3 Å². The molecule has 2 amide bonds. The second-order valence-electron chi connectivity index (χ2n) is 7.57. The lowest BCUT2D eigenvalue weighted by atomic mass is 10.1. The standard InChI is InChI=1S/C25H23ClN2O4/c1-16-25(30)28(15-18-4-3-5-19(26)12-18)22-14-20(8-11-23(22)32-16)27-24(29)13-17-6-9-21(31-2)10-7-17/h3-12,14,16H,13,15H2,1-2H3,(H,27,29). The Labute approximate surface area is 191 Å². The van der Waals surface area contributed by atoms with Gasteiger partial charge in [-0.25, -0.2) is 0 Å². The van der Waals surface area contributed by atoms with Gasteiger partial charge in [0.1, 0.15) is 11.5 Å². The molecule has 164 valence electrons. The van der Waals surface area contributed by atoms with Crippen LogP contribution in [0.15, 0.2) is 66.7 Å². The fourth-order valence-electron chi connectivity index (χ4n) is 3.60. The fraction of sp³-hybridized carbons (Fsp3) is 0.200. The van der Waals surface area contributed by atoms with E-state index in [1.54, 1.807) is 43.2 Å². The van der Waals surface area contributed by atoms with E-state index in [0.29, 0.717) is 28.7 Å². The number of carbonyl (C=O) groups is 2. The van der Waals surface area contributed by atoms with Gasteiger partial charge >= 0.3 is 0 Å². The first-order valence-corrected chi connectivity index (χ1v) is 10.6. The molecule has 0 aliphatic carbocycles. The van der Waals surface area contributed by atoms with Crippen molar-refractivity contribution in [3.05, 3.63) is 82.9 Å². The predicted octanol–water partition coefficient (Wildman–Crippen LogP) is 4.84. The van der Waals surface area contributed by atoms with Crippen molar-refractivity contribution in [1.29, 1.82) is 0 Å². The van der Waals surface area contributed by atoms with Gasteiger partial charge in [0.05, 0.1) is 25.8 Å². The number of benzene rings is 3. The number of hydrogen-bond donors (Lipinski definition) is 1. The van der Waals surface area contributed by atoms with Gasteiger partial charge in [-0.15, -0.1) is 0 Å². The van der Waals surface area contributed by atoms with E-state index in [-0.39, 0.29) is 18.2 Å². The van der Waals surface area contributed by atoms with Crippen LogP contribution in [0, 0.1) is 0 Å². The monoisotopic (exact) mass is 450 g/mol. The molecule has 0 saturated carbocycles. The minimum atomic E-state index is -0.600. The molecule has 0 saturated heterocycles. The summed E-state index contributed by atoms with van der Waals surface area (Å²) in [6.45, 7) is 2.07. The van der Waals surface area contributed by atoms with Crippen molar-refractivity contribution in [2.45, 2.75) is 26.0 Å². The molecule has 0 radical (unpaired) electrons. The summed E-state index contributed by atoms with van der Waals surface area (Å²) in [4.78, 5) is 27.1. The Morgan fingerprint density at radius 1 is 1.09 bits per heavy atom. The number of ether oxygens (including phenoxy) is 2. The molecule has 1 aliphatic heterocycles. The summed E-state index contributed by atoms with van der Waals surface area (Å²) in [5.74, 6) is 1.02. The molecule has 32 heavy (non-hydrogen) atoms. The van der Waals surface area contributed by atoms with Crippen LogP contribution in [0.25, 0.3) is 0 Å². The molecule has 6 nitrogen and oxygen atoms in total. The molecule has 3 aromatic rings. The lowest BCUT2D eigenvalue weighted by Crippen LogP contribution is -2.44. The van der Waals surface area contributed by atoms with Gasteiger partial charge in [-0.2, -0.15) is 0 Å². The molecular formula is C25H23ClN2O4. The second-order valence-corrected chi connectivity index (χ2v) is 8.01. The number of amides is 2. The van der Waals surface area contributed by atoms with E-state index in [1.807, 2.05) is 42.5 Å².